The lowest BCUT2D eigenvalue weighted by atomic mass is 9.66. The van der Waals surface area contributed by atoms with Gasteiger partial charge in [-0.15, -0.1) is 0 Å². The first-order valence-corrected chi connectivity index (χ1v) is 20.2. The first kappa shape index (κ1) is 34.1. The highest BCUT2D eigenvalue weighted by atomic mass is 16.5. The van der Waals surface area contributed by atoms with Crippen molar-refractivity contribution in [1.82, 2.24) is 19.9 Å². The highest BCUT2D eigenvalue weighted by Crippen LogP contribution is 2.62. The molecule has 0 N–H and O–H groups in total. The lowest BCUT2D eigenvalue weighted by Gasteiger charge is -2.39. The minimum Gasteiger partial charge on any atom is -0.457 e. The molecule has 0 fully saturated rings. The van der Waals surface area contributed by atoms with Crippen LogP contribution in [0.2, 0.25) is 0 Å². The molecule has 2 aromatic heterocycles. The molecule has 2 aliphatic rings. The summed E-state index contributed by atoms with van der Waals surface area (Å²) in [5.74, 6) is 3.58. The van der Waals surface area contributed by atoms with Crippen molar-refractivity contribution in [2.45, 2.75) is 5.41 Å². The zero-order chi connectivity index (χ0) is 39.6. The van der Waals surface area contributed by atoms with Crippen LogP contribution in [0.25, 0.3) is 78.4 Å². The smallest absolute Gasteiger partial charge is 0.164 e. The zero-order valence-corrected chi connectivity index (χ0v) is 32.3. The molecule has 12 rings (SSSR count). The van der Waals surface area contributed by atoms with Crippen LogP contribution >= 0.6 is 0 Å². The summed E-state index contributed by atoms with van der Waals surface area (Å²) in [6.07, 6.45) is 1.89. The van der Waals surface area contributed by atoms with Crippen molar-refractivity contribution >= 4 is 10.9 Å². The molecule has 5 heteroatoms. The second-order valence-corrected chi connectivity index (χ2v) is 15.3. The number of aromatic nitrogens is 4. The fraction of sp³-hybridized carbons (Fsp3) is 0.0182. The molecule has 0 bridgehead atoms. The summed E-state index contributed by atoms with van der Waals surface area (Å²) < 4.78 is 6.65. The summed E-state index contributed by atoms with van der Waals surface area (Å²) in [4.78, 5) is 20.3. The maximum absolute atomic E-state index is 6.65. The Morgan fingerprint density at radius 1 is 0.333 bits per heavy atom. The third-order valence-electron chi connectivity index (χ3n) is 12.1. The van der Waals surface area contributed by atoms with Crippen LogP contribution in [0.5, 0.6) is 11.5 Å². The molecule has 5 nitrogen and oxygen atoms in total. The molecule has 10 aromatic rings. The number of rotatable bonds is 5. The van der Waals surface area contributed by atoms with Gasteiger partial charge in [0.15, 0.2) is 17.5 Å². The third kappa shape index (κ3) is 5.19. The van der Waals surface area contributed by atoms with Crippen LogP contribution in [0.3, 0.4) is 0 Å². The molecule has 0 saturated carbocycles. The van der Waals surface area contributed by atoms with Gasteiger partial charge < -0.3 is 4.74 Å². The normalized spacial score (nSPS) is 12.9. The van der Waals surface area contributed by atoms with Crippen molar-refractivity contribution in [2.24, 2.45) is 0 Å². The summed E-state index contributed by atoms with van der Waals surface area (Å²) in [5.41, 5.74) is 14.5. The Morgan fingerprint density at radius 2 is 0.817 bits per heavy atom. The lowest BCUT2D eigenvalue weighted by molar-refractivity contribution is 0.436. The quantitative estimate of drug-likeness (QED) is 0.175. The lowest BCUT2D eigenvalue weighted by Crippen LogP contribution is -2.32. The second kappa shape index (κ2) is 13.5. The molecular weight excluding hydrogens is 733 g/mol. The molecule has 60 heavy (non-hydrogen) atoms. The molecule has 0 atom stereocenters. The number of hydrogen-bond acceptors (Lipinski definition) is 5. The maximum atomic E-state index is 6.65. The predicted octanol–water partition coefficient (Wildman–Crippen LogP) is 13.2. The summed E-state index contributed by atoms with van der Waals surface area (Å²) in [5, 5.41) is 1.12. The highest BCUT2D eigenvalue weighted by molar-refractivity contribution is 6.03. The third-order valence-corrected chi connectivity index (χ3v) is 12.1. The van der Waals surface area contributed by atoms with Crippen molar-refractivity contribution in [1.29, 1.82) is 0 Å². The van der Waals surface area contributed by atoms with Gasteiger partial charge in [0.1, 0.15) is 11.5 Å². The number of benzene rings is 8. The number of nitrogens with zero attached hydrogens (tertiary/aromatic N) is 4. The first-order valence-electron chi connectivity index (χ1n) is 20.2. The summed E-state index contributed by atoms with van der Waals surface area (Å²) in [6.45, 7) is 0. The molecule has 280 valence electrons. The van der Waals surface area contributed by atoms with E-state index < -0.39 is 5.41 Å². The van der Waals surface area contributed by atoms with Gasteiger partial charge in [-0.05, 0) is 69.3 Å². The number of ether oxygens (including phenoxy) is 1. The van der Waals surface area contributed by atoms with Gasteiger partial charge in [-0.2, -0.15) is 0 Å². The second-order valence-electron chi connectivity index (χ2n) is 15.3. The van der Waals surface area contributed by atoms with Crippen LogP contribution in [0.1, 0.15) is 22.3 Å². The summed E-state index contributed by atoms with van der Waals surface area (Å²) in [6, 6.07) is 70.1. The van der Waals surface area contributed by atoms with E-state index in [4.69, 9.17) is 24.7 Å². The molecule has 0 amide bonds. The SMILES string of the molecule is c1ccc(-c2nc(-c3ccccc3)nc(-c3ccc4c(c3)-c3cc(-c5ccc(-c6ccccc6)c6cccnc56)ccc3C43c4ccccc4Oc4ccccc43)n2)cc1. The van der Waals surface area contributed by atoms with E-state index in [0.717, 1.165) is 78.0 Å². The average Bonchev–Trinajstić information content (AvgIpc) is 3.61. The number of pyridine rings is 1. The predicted molar refractivity (Wildman–Crippen MR) is 240 cm³/mol. The van der Waals surface area contributed by atoms with Gasteiger partial charge in [0.05, 0.1) is 10.9 Å². The molecule has 1 aliphatic carbocycles. The molecule has 8 aromatic carbocycles. The van der Waals surface area contributed by atoms with Crippen LogP contribution in [0.15, 0.2) is 206 Å². The average molecular weight is 767 g/mol. The Morgan fingerprint density at radius 3 is 1.42 bits per heavy atom. The van der Waals surface area contributed by atoms with Crippen molar-refractivity contribution in [3.63, 3.8) is 0 Å². The van der Waals surface area contributed by atoms with Gasteiger partial charge in [0.2, 0.25) is 0 Å². The maximum Gasteiger partial charge on any atom is 0.164 e. The topological polar surface area (TPSA) is 60.8 Å². The number of fused-ring (bicyclic) bond motifs is 10. The monoisotopic (exact) mass is 766 g/mol. The molecule has 0 saturated heterocycles. The molecule has 1 aliphatic heterocycles. The molecule has 0 unspecified atom stereocenters. The molecule has 3 heterocycles. The van der Waals surface area contributed by atoms with Gasteiger partial charge >= 0.3 is 0 Å². The number of hydrogen-bond donors (Lipinski definition) is 0. The van der Waals surface area contributed by atoms with Gasteiger partial charge in [0, 0.05) is 45.0 Å². The van der Waals surface area contributed by atoms with Crippen LogP contribution in [0.4, 0.5) is 0 Å². The van der Waals surface area contributed by atoms with Crippen LogP contribution in [-0.2, 0) is 5.41 Å². The van der Waals surface area contributed by atoms with Gasteiger partial charge in [-0.3, -0.25) is 4.98 Å². The fourth-order valence-electron chi connectivity index (χ4n) is 9.43. The van der Waals surface area contributed by atoms with Gasteiger partial charge in [-0.25, -0.2) is 15.0 Å². The van der Waals surface area contributed by atoms with E-state index in [9.17, 15) is 0 Å². The Hall–Kier alpha value is -8.02. The minimum absolute atomic E-state index is 0.614. The van der Waals surface area contributed by atoms with Crippen molar-refractivity contribution in [3.8, 4) is 79.0 Å². The van der Waals surface area contributed by atoms with Crippen molar-refractivity contribution in [2.75, 3.05) is 0 Å². The summed E-state index contributed by atoms with van der Waals surface area (Å²) >= 11 is 0. The van der Waals surface area contributed by atoms with E-state index in [-0.39, 0.29) is 0 Å². The van der Waals surface area contributed by atoms with E-state index in [2.05, 4.69) is 133 Å². The minimum atomic E-state index is -0.631. The van der Waals surface area contributed by atoms with Crippen molar-refractivity contribution < 1.29 is 4.74 Å². The fourth-order valence-corrected chi connectivity index (χ4v) is 9.43. The van der Waals surface area contributed by atoms with Crippen molar-refractivity contribution in [3.05, 3.63) is 229 Å². The number of para-hydroxylation sites is 2. The summed E-state index contributed by atoms with van der Waals surface area (Å²) in [7, 11) is 0. The van der Waals surface area contributed by atoms with E-state index in [1.165, 1.54) is 16.7 Å². The Bertz CT molecular complexity index is 3190. The van der Waals surface area contributed by atoms with Crippen LogP contribution in [-0.4, -0.2) is 19.9 Å². The van der Waals surface area contributed by atoms with Gasteiger partial charge in [0.25, 0.3) is 0 Å². The van der Waals surface area contributed by atoms with Gasteiger partial charge in [-0.1, -0.05) is 170 Å². The Balaban J connectivity index is 1.12. The van der Waals surface area contributed by atoms with E-state index in [1.54, 1.807) is 0 Å². The van der Waals surface area contributed by atoms with E-state index in [0.29, 0.717) is 17.5 Å². The molecular formula is C55H34N4O. The van der Waals surface area contributed by atoms with Crippen LogP contribution < -0.4 is 4.74 Å². The Kier molecular flexibility index (Phi) is 7.69. The molecule has 1 spiro atoms. The largest absolute Gasteiger partial charge is 0.457 e. The zero-order valence-electron chi connectivity index (χ0n) is 32.3. The molecule has 0 radical (unpaired) electrons. The first-order chi connectivity index (χ1) is 29.7. The highest BCUT2D eigenvalue weighted by Gasteiger charge is 2.51. The Labute approximate surface area is 347 Å². The van der Waals surface area contributed by atoms with E-state index in [1.807, 2.05) is 72.9 Å². The van der Waals surface area contributed by atoms with Crippen LogP contribution in [0, 0.1) is 0 Å². The standard InChI is InChI=1S/C55H34N4O/c1-4-15-35(16-5-1)40-28-29-41(51-42(40)21-14-32-56-51)38-26-30-45-43(33-38)44-34-39(54-58-52(36-17-6-2-7-18-36)57-53(59-54)37-19-8-3-9-20-37)27-31-46(44)55(45)47-22-10-12-24-49(47)60-50-25-13-11-23-48(50)55/h1-34H. The van der Waals surface area contributed by atoms with E-state index >= 15 is 0 Å².